The quantitative estimate of drug-likeness (QED) is 0.860. The minimum absolute atomic E-state index is 0.438. The van der Waals surface area contributed by atoms with Gasteiger partial charge < -0.3 is 14.9 Å². The molecule has 0 saturated carbocycles. The Labute approximate surface area is 101 Å². The van der Waals surface area contributed by atoms with Crippen molar-refractivity contribution in [1.29, 1.82) is 0 Å². The summed E-state index contributed by atoms with van der Waals surface area (Å²) in [4.78, 5) is 0. The summed E-state index contributed by atoms with van der Waals surface area (Å²) >= 11 is 0. The fourth-order valence-corrected chi connectivity index (χ4v) is 1.62. The van der Waals surface area contributed by atoms with Crippen LogP contribution in [0.2, 0.25) is 0 Å². The molecule has 0 fully saturated rings. The van der Waals surface area contributed by atoms with Crippen LogP contribution in [-0.4, -0.2) is 0 Å². The minimum atomic E-state index is 0.438. The number of furan rings is 1. The van der Waals surface area contributed by atoms with Gasteiger partial charge in [0, 0.05) is 12.1 Å². The van der Waals surface area contributed by atoms with Gasteiger partial charge in [0.05, 0.1) is 6.26 Å². The van der Waals surface area contributed by atoms with E-state index < -0.39 is 0 Å². The van der Waals surface area contributed by atoms with Gasteiger partial charge in [0.25, 0.3) is 0 Å². The molecule has 0 aliphatic heterocycles. The highest BCUT2D eigenvalue weighted by Gasteiger charge is 2.02. The molecule has 3 heteroatoms. The molecule has 0 aliphatic carbocycles. The summed E-state index contributed by atoms with van der Waals surface area (Å²) in [6.07, 6.45) is 2.68. The molecule has 2 N–H and O–H groups in total. The van der Waals surface area contributed by atoms with Gasteiger partial charge in [-0.25, -0.2) is 0 Å². The number of rotatable bonds is 5. The highest BCUT2D eigenvalue weighted by molar-refractivity contribution is 5.28. The summed E-state index contributed by atoms with van der Waals surface area (Å²) < 4.78 is 11.0. The maximum absolute atomic E-state index is 5.66. The second-order valence-corrected chi connectivity index (χ2v) is 3.92. The minimum Gasteiger partial charge on any atom is -0.486 e. The summed E-state index contributed by atoms with van der Waals surface area (Å²) in [6, 6.07) is 10.0. The van der Waals surface area contributed by atoms with Gasteiger partial charge in [-0.1, -0.05) is 19.1 Å². The molecule has 0 unspecified atom stereocenters. The Morgan fingerprint density at radius 3 is 2.82 bits per heavy atom. The second-order valence-electron chi connectivity index (χ2n) is 3.92. The average Bonchev–Trinajstić information content (AvgIpc) is 2.84. The van der Waals surface area contributed by atoms with Crippen LogP contribution in [0.25, 0.3) is 0 Å². The SMILES string of the molecule is CCc1cccc(OCc2cc(CN)co2)c1. The molecule has 3 nitrogen and oxygen atoms in total. The third kappa shape index (κ3) is 3.11. The zero-order chi connectivity index (χ0) is 12.1. The van der Waals surface area contributed by atoms with Crippen molar-refractivity contribution in [2.24, 2.45) is 5.73 Å². The van der Waals surface area contributed by atoms with Gasteiger partial charge in [-0.05, 0) is 30.2 Å². The molecule has 90 valence electrons. The third-order valence-electron chi connectivity index (χ3n) is 2.63. The Bertz CT molecular complexity index is 477. The van der Waals surface area contributed by atoms with Crippen molar-refractivity contribution in [2.45, 2.75) is 26.5 Å². The maximum Gasteiger partial charge on any atom is 0.146 e. The van der Waals surface area contributed by atoms with Crippen molar-refractivity contribution >= 4 is 0 Å². The molecule has 0 saturated heterocycles. The van der Waals surface area contributed by atoms with E-state index in [4.69, 9.17) is 14.9 Å². The van der Waals surface area contributed by atoms with Crippen molar-refractivity contribution in [2.75, 3.05) is 0 Å². The lowest BCUT2D eigenvalue weighted by Gasteiger charge is -2.05. The van der Waals surface area contributed by atoms with E-state index >= 15 is 0 Å². The van der Waals surface area contributed by atoms with Crippen molar-refractivity contribution in [3.63, 3.8) is 0 Å². The molecule has 2 rings (SSSR count). The summed E-state index contributed by atoms with van der Waals surface area (Å²) in [7, 11) is 0. The normalized spacial score (nSPS) is 10.5. The lowest BCUT2D eigenvalue weighted by Crippen LogP contribution is -1.95. The summed E-state index contributed by atoms with van der Waals surface area (Å²) in [5.74, 6) is 1.67. The Balaban J connectivity index is 1.96. The molecule has 1 heterocycles. The molecular formula is C14H17NO2. The fraction of sp³-hybridized carbons (Fsp3) is 0.286. The molecule has 0 amide bonds. The van der Waals surface area contributed by atoms with Gasteiger partial charge in [-0.15, -0.1) is 0 Å². The molecule has 17 heavy (non-hydrogen) atoms. The van der Waals surface area contributed by atoms with E-state index in [0.717, 1.165) is 23.5 Å². The van der Waals surface area contributed by atoms with Crippen LogP contribution >= 0.6 is 0 Å². The van der Waals surface area contributed by atoms with Gasteiger partial charge in [0.1, 0.15) is 18.1 Å². The second kappa shape index (κ2) is 5.55. The topological polar surface area (TPSA) is 48.4 Å². The molecule has 0 aliphatic rings. The van der Waals surface area contributed by atoms with Crippen LogP contribution in [-0.2, 0) is 19.6 Å². The lowest BCUT2D eigenvalue weighted by molar-refractivity contribution is 0.270. The highest BCUT2D eigenvalue weighted by Crippen LogP contribution is 2.16. The van der Waals surface area contributed by atoms with Crippen LogP contribution in [0.15, 0.2) is 41.0 Å². The predicted molar refractivity (Wildman–Crippen MR) is 66.8 cm³/mol. The van der Waals surface area contributed by atoms with E-state index in [2.05, 4.69) is 13.0 Å². The molecule has 0 bridgehead atoms. The molecule has 0 atom stereocenters. The van der Waals surface area contributed by atoms with Crippen LogP contribution in [0, 0.1) is 0 Å². The smallest absolute Gasteiger partial charge is 0.146 e. The van der Waals surface area contributed by atoms with Gasteiger partial charge in [0.15, 0.2) is 0 Å². The van der Waals surface area contributed by atoms with Gasteiger partial charge in [0.2, 0.25) is 0 Å². The molecule has 0 spiro atoms. The van der Waals surface area contributed by atoms with Crippen LogP contribution in [0.3, 0.4) is 0 Å². The predicted octanol–water partition coefficient (Wildman–Crippen LogP) is 2.88. The molecule has 1 aromatic carbocycles. The number of nitrogens with two attached hydrogens (primary N) is 1. The Hall–Kier alpha value is -1.74. The first-order chi connectivity index (χ1) is 8.31. The third-order valence-corrected chi connectivity index (χ3v) is 2.63. The Morgan fingerprint density at radius 2 is 2.12 bits per heavy atom. The van der Waals surface area contributed by atoms with Crippen molar-refractivity contribution < 1.29 is 9.15 Å². The maximum atomic E-state index is 5.66. The summed E-state index contributed by atoms with van der Waals surface area (Å²) in [5, 5.41) is 0. The molecular weight excluding hydrogens is 214 g/mol. The van der Waals surface area contributed by atoms with Crippen molar-refractivity contribution in [1.82, 2.24) is 0 Å². The van der Waals surface area contributed by atoms with E-state index in [1.807, 2.05) is 24.3 Å². The Kier molecular flexibility index (Phi) is 3.83. The highest BCUT2D eigenvalue weighted by atomic mass is 16.5. The first kappa shape index (κ1) is 11.7. The zero-order valence-corrected chi connectivity index (χ0v) is 9.98. The van der Waals surface area contributed by atoms with Crippen LogP contribution in [0.4, 0.5) is 0 Å². The average molecular weight is 231 g/mol. The van der Waals surface area contributed by atoms with Crippen LogP contribution < -0.4 is 10.5 Å². The van der Waals surface area contributed by atoms with Crippen molar-refractivity contribution in [3.8, 4) is 5.75 Å². The van der Waals surface area contributed by atoms with Gasteiger partial charge >= 0.3 is 0 Å². The van der Waals surface area contributed by atoms with Crippen LogP contribution in [0.5, 0.6) is 5.75 Å². The zero-order valence-electron chi connectivity index (χ0n) is 9.98. The van der Waals surface area contributed by atoms with Gasteiger partial charge in [-0.2, -0.15) is 0 Å². The van der Waals surface area contributed by atoms with Gasteiger partial charge in [-0.3, -0.25) is 0 Å². The summed E-state index contributed by atoms with van der Waals surface area (Å²) in [6.45, 7) is 3.06. The summed E-state index contributed by atoms with van der Waals surface area (Å²) in [5.41, 5.74) is 7.77. The largest absolute Gasteiger partial charge is 0.486 e. The monoisotopic (exact) mass is 231 g/mol. The number of hydrogen-bond acceptors (Lipinski definition) is 3. The first-order valence-electron chi connectivity index (χ1n) is 5.80. The van der Waals surface area contributed by atoms with Crippen molar-refractivity contribution in [3.05, 3.63) is 53.5 Å². The van der Waals surface area contributed by atoms with E-state index in [-0.39, 0.29) is 0 Å². The van der Waals surface area contributed by atoms with E-state index in [1.165, 1.54) is 5.56 Å². The number of hydrogen-bond donors (Lipinski definition) is 1. The van der Waals surface area contributed by atoms with E-state index in [9.17, 15) is 0 Å². The Morgan fingerprint density at radius 1 is 1.24 bits per heavy atom. The molecule has 2 aromatic rings. The molecule has 1 aromatic heterocycles. The van der Waals surface area contributed by atoms with Crippen LogP contribution in [0.1, 0.15) is 23.8 Å². The number of benzene rings is 1. The fourth-order valence-electron chi connectivity index (χ4n) is 1.62. The first-order valence-corrected chi connectivity index (χ1v) is 5.80. The molecule has 0 radical (unpaired) electrons. The number of ether oxygens (including phenoxy) is 1. The standard InChI is InChI=1S/C14H17NO2/c1-2-11-4-3-5-13(6-11)17-10-14-7-12(8-15)9-16-14/h3-7,9H,2,8,10,15H2,1H3. The van der Waals surface area contributed by atoms with E-state index in [0.29, 0.717) is 13.2 Å². The van der Waals surface area contributed by atoms with E-state index in [1.54, 1.807) is 6.26 Å². The number of aryl methyl sites for hydroxylation is 1. The lowest BCUT2D eigenvalue weighted by atomic mass is 10.2.